The minimum absolute atomic E-state index is 0.0482. The molecule has 3 rings (SSSR count). The Labute approximate surface area is 164 Å². The van der Waals surface area contributed by atoms with Crippen LogP contribution in [0.25, 0.3) is 0 Å². The molecule has 1 atom stereocenters. The van der Waals surface area contributed by atoms with Gasteiger partial charge in [0, 0.05) is 30.3 Å². The van der Waals surface area contributed by atoms with Gasteiger partial charge in [-0.3, -0.25) is 29.9 Å². The van der Waals surface area contributed by atoms with Gasteiger partial charge in [0.2, 0.25) is 5.91 Å². The van der Waals surface area contributed by atoms with E-state index < -0.39 is 16.2 Å². The van der Waals surface area contributed by atoms with Gasteiger partial charge in [-0.1, -0.05) is 0 Å². The number of hydrazine groups is 1. The van der Waals surface area contributed by atoms with Crippen molar-refractivity contribution in [1.82, 2.24) is 10.4 Å². The Kier molecular flexibility index (Phi) is 5.59. The van der Waals surface area contributed by atoms with E-state index in [4.69, 9.17) is 0 Å². The molecule has 10 heteroatoms. The van der Waals surface area contributed by atoms with E-state index in [9.17, 15) is 24.5 Å². The van der Waals surface area contributed by atoms with Gasteiger partial charge in [-0.05, 0) is 42.0 Å². The highest BCUT2D eigenvalue weighted by atomic mass is 32.2. The highest BCUT2D eigenvalue weighted by Crippen LogP contribution is 2.37. The summed E-state index contributed by atoms with van der Waals surface area (Å²) < 4.78 is 0. The van der Waals surface area contributed by atoms with E-state index >= 15 is 0 Å². The molecule has 0 unspecified atom stereocenters. The van der Waals surface area contributed by atoms with Crippen molar-refractivity contribution in [3.8, 4) is 0 Å². The topological polar surface area (TPSA) is 122 Å². The fraction of sp³-hybridized carbons (Fsp3) is 0.167. The summed E-state index contributed by atoms with van der Waals surface area (Å²) in [6.07, 6.45) is 0. The van der Waals surface area contributed by atoms with Crippen LogP contribution >= 0.6 is 11.8 Å². The van der Waals surface area contributed by atoms with Gasteiger partial charge < -0.3 is 5.32 Å². The Hall–Kier alpha value is -3.40. The van der Waals surface area contributed by atoms with E-state index in [0.29, 0.717) is 16.8 Å². The van der Waals surface area contributed by atoms with Crippen LogP contribution in [0.1, 0.15) is 28.2 Å². The van der Waals surface area contributed by atoms with E-state index in [1.54, 1.807) is 24.3 Å². The summed E-state index contributed by atoms with van der Waals surface area (Å²) in [6, 6.07) is 12.1. The molecule has 0 radical (unpaired) electrons. The van der Waals surface area contributed by atoms with E-state index in [-0.39, 0.29) is 23.3 Å². The van der Waals surface area contributed by atoms with E-state index in [2.05, 4.69) is 10.7 Å². The van der Waals surface area contributed by atoms with E-state index in [0.717, 1.165) is 0 Å². The van der Waals surface area contributed by atoms with Gasteiger partial charge in [0.15, 0.2) is 0 Å². The molecule has 1 aliphatic heterocycles. The molecule has 2 aromatic rings. The number of thioether (sulfide) groups is 1. The maximum Gasteiger partial charge on any atom is 0.269 e. The van der Waals surface area contributed by atoms with Crippen LogP contribution in [-0.2, 0) is 9.59 Å². The largest absolute Gasteiger partial charge is 0.326 e. The lowest BCUT2D eigenvalue weighted by molar-refractivity contribution is -0.384. The molecule has 1 fully saturated rings. The number of nitro benzene ring substituents is 1. The fourth-order valence-corrected chi connectivity index (χ4v) is 3.74. The third kappa shape index (κ3) is 4.29. The highest BCUT2D eigenvalue weighted by Gasteiger charge is 2.34. The van der Waals surface area contributed by atoms with Gasteiger partial charge in [-0.25, -0.2) is 5.01 Å². The molecule has 0 aromatic heterocycles. The molecular weight excluding hydrogens is 384 g/mol. The molecule has 1 heterocycles. The van der Waals surface area contributed by atoms with Crippen LogP contribution in [0.15, 0.2) is 48.5 Å². The summed E-state index contributed by atoms with van der Waals surface area (Å²) in [5.74, 6) is -0.778. The Balaban J connectivity index is 1.73. The minimum atomic E-state index is -0.499. The molecule has 28 heavy (non-hydrogen) atoms. The average molecular weight is 400 g/mol. The Morgan fingerprint density at radius 2 is 1.79 bits per heavy atom. The number of carbonyl (C=O) groups excluding carboxylic acids is 3. The van der Waals surface area contributed by atoms with Gasteiger partial charge in [-0.2, -0.15) is 0 Å². The first-order chi connectivity index (χ1) is 13.3. The number of non-ortho nitro benzene ring substituents is 1. The molecule has 0 bridgehead atoms. The Bertz CT molecular complexity index is 930. The lowest BCUT2D eigenvalue weighted by Crippen LogP contribution is -2.44. The third-order valence-electron chi connectivity index (χ3n) is 3.95. The smallest absolute Gasteiger partial charge is 0.269 e. The molecule has 144 valence electrons. The van der Waals surface area contributed by atoms with Crippen molar-refractivity contribution in [1.29, 1.82) is 0 Å². The zero-order valence-electron chi connectivity index (χ0n) is 14.7. The molecule has 3 amide bonds. The van der Waals surface area contributed by atoms with Crippen LogP contribution in [0.4, 0.5) is 11.4 Å². The summed E-state index contributed by atoms with van der Waals surface area (Å²) >= 11 is 1.32. The van der Waals surface area contributed by atoms with E-state index in [1.807, 2.05) is 0 Å². The first-order valence-corrected chi connectivity index (χ1v) is 9.26. The van der Waals surface area contributed by atoms with Crippen molar-refractivity contribution in [2.45, 2.75) is 12.3 Å². The lowest BCUT2D eigenvalue weighted by atomic mass is 10.2. The summed E-state index contributed by atoms with van der Waals surface area (Å²) in [7, 11) is 0. The molecule has 0 spiro atoms. The zero-order chi connectivity index (χ0) is 20.3. The summed E-state index contributed by atoms with van der Waals surface area (Å²) in [5.41, 5.74) is 4.09. The number of hydrogen-bond acceptors (Lipinski definition) is 6. The van der Waals surface area contributed by atoms with Gasteiger partial charge in [0.25, 0.3) is 17.5 Å². The normalized spacial score (nSPS) is 16.0. The number of anilines is 1. The summed E-state index contributed by atoms with van der Waals surface area (Å²) in [5, 5.41) is 14.2. The van der Waals surface area contributed by atoms with Gasteiger partial charge in [0.1, 0.15) is 5.37 Å². The quantitative estimate of drug-likeness (QED) is 0.587. The second-order valence-corrected chi connectivity index (χ2v) is 7.04. The standard InChI is InChI=1S/C18H16N4O5S/c1-11(23)19-14-6-2-12(3-7-14)17(25)20-21-16(24)10-28-18(21)13-4-8-15(9-5-13)22(26)27/h2-9,18H,10H2,1H3,(H,19,23)(H,20,25)/t18-/m0/s1. The second-order valence-electron chi connectivity index (χ2n) is 5.98. The Morgan fingerprint density at radius 3 is 2.36 bits per heavy atom. The molecule has 0 aliphatic carbocycles. The number of benzene rings is 2. The second kappa shape index (κ2) is 8.09. The minimum Gasteiger partial charge on any atom is -0.326 e. The molecule has 1 aliphatic rings. The molecule has 1 saturated heterocycles. The van der Waals surface area contributed by atoms with Crippen molar-refractivity contribution < 1.29 is 19.3 Å². The van der Waals surface area contributed by atoms with Crippen molar-refractivity contribution in [3.05, 3.63) is 69.8 Å². The summed E-state index contributed by atoms with van der Waals surface area (Å²) in [6.45, 7) is 1.38. The van der Waals surface area contributed by atoms with Crippen LogP contribution in [-0.4, -0.2) is 33.4 Å². The predicted molar refractivity (Wildman–Crippen MR) is 103 cm³/mol. The third-order valence-corrected chi connectivity index (χ3v) is 5.16. The van der Waals surface area contributed by atoms with Crippen molar-refractivity contribution in [2.75, 3.05) is 11.1 Å². The first kappa shape index (κ1) is 19.4. The van der Waals surface area contributed by atoms with Gasteiger partial charge in [0.05, 0.1) is 10.7 Å². The predicted octanol–water partition coefficient (Wildman–Crippen LogP) is 2.47. The van der Waals surface area contributed by atoms with Crippen LogP contribution in [0.2, 0.25) is 0 Å². The molecular formula is C18H16N4O5S. The molecule has 0 saturated carbocycles. The molecule has 2 N–H and O–H groups in total. The number of nitro groups is 1. The lowest BCUT2D eigenvalue weighted by Gasteiger charge is -2.24. The zero-order valence-corrected chi connectivity index (χ0v) is 15.6. The fourth-order valence-electron chi connectivity index (χ4n) is 2.63. The van der Waals surface area contributed by atoms with E-state index in [1.165, 1.54) is 48.0 Å². The Morgan fingerprint density at radius 1 is 1.14 bits per heavy atom. The number of carbonyl (C=O) groups is 3. The maximum absolute atomic E-state index is 12.5. The number of hydrogen-bond donors (Lipinski definition) is 2. The van der Waals surface area contributed by atoms with Crippen molar-refractivity contribution in [3.63, 3.8) is 0 Å². The van der Waals surface area contributed by atoms with Crippen LogP contribution in [0.5, 0.6) is 0 Å². The van der Waals surface area contributed by atoms with Gasteiger partial charge in [-0.15, -0.1) is 11.8 Å². The maximum atomic E-state index is 12.5. The SMILES string of the molecule is CC(=O)Nc1ccc(C(=O)NN2C(=O)CS[C@H]2c2ccc([N+](=O)[O-])cc2)cc1. The summed E-state index contributed by atoms with van der Waals surface area (Å²) in [4.78, 5) is 46.1. The van der Waals surface area contributed by atoms with Crippen molar-refractivity contribution >= 4 is 40.9 Å². The highest BCUT2D eigenvalue weighted by molar-refractivity contribution is 8.00. The van der Waals surface area contributed by atoms with Crippen LogP contribution < -0.4 is 10.7 Å². The van der Waals surface area contributed by atoms with Crippen LogP contribution in [0, 0.1) is 10.1 Å². The van der Waals surface area contributed by atoms with Crippen molar-refractivity contribution in [2.24, 2.45) is 0 Å². The molecule has 9 nitrogen and oxygen atoms in total. The monoisotopic (exact) mass is 400 g/mol. The first-order valence-electron chi connectivity index (χ1n) is 8.22. The van der Waals surface area contributed by atoms with Gasteiger partial charge >= 0.3 is 0 Å². The molecule has 2 aromatic carbocycles. The average Bonchev–Trinajstić information content (AvgIpc) is 3.02. The number of amides is 3. The number of nitrogens with zero attached hydrogens (tertiary/aromatic N) is 2. The number of rotatable bonds is 5. The number of nitrogens with one attached hydrogen (secondary N) is 2. The van der Waals surface area contributed by atoms with Crippen LogP contribution in [0.3, 0.4) is 0 Å².